The third kappa shape index (κ3) is 4.18. The highest BCUT2D eigenvalue weighted by molar-refractivity contribution is 6.36. The van der Waals surface area contributed by atoms with Gasteiger partial charge in [0, 0.05) is 23.5 Å². The number of anilines is 1. The molecule has 0 aliphatic carbocycles. The van der Waals surface area contributed by atoms with Gasteiger partial charge in [-0.3, -0.25) is 19.5 Å². The van der Waals surface area contributed by atoms with E-state index in [1.165, 1.54) is 12.0 Å². The van der Waals surface area contributed by atoms with Gasteiger partial charge in [0.1, 0.15) is 17.2 Å². The molecule has 0 saturated carbocycles. The van der Waals surface area contributed by atoms with E-state index in [1.54, 1.807) is 42.6 Å². The van der Waals surface area contributed by atoms with Crippen LogP contribution in [0.25, 0.3) is 5.57 Å². The van der Waals surface area contributed by atoms with Crippen molar-refractivity contribution in [2.75, 3.05) is 19.0 Å². The summed E-state index contributed by atoms with van der Waals surface area (Å²) in [5.41, 5.74) is 2.24. The number of benzene rings is 2. The number of carbonyl (C=O) groups excluding carboxylic acids is 2. The van der Waals surface area contributed by atoms with E-state index in [1.807, 2.05) is 37.3 Å². The zero-order chi connectivity index (χ0) is 22.5. The average Bonchev–Trinajstić information content (AvgIpc) is 3.04. The molecule has 2 aromatic carbocycles. The second-order valence-electron chi connectivity index (χ2n) is 7.05. The zero-order valence-corrected chi connectivity index (χ0v) is 17.9. The quantitative estimate of drug-likeness (QED) is 0.548. The number of hydrogen-bond donors (Lipinski definition) is 1. The van der Waals surface area contributed by atoms with Gasteiger partial charge < -0.3 is 14.8 Å². The molecule has 1 aliphatic heterocycles. The van der Waals surface area contributed by atoms with Gasteiger partial charge in [-0.2, -0.15) is 0 Å². The molecule has 1 N–H and O–H groups in total. The summed E-state index contributed by atoms with van der Waals surface area (Å²) in [6, 6.07) is 19.8. The van der Waals surface area contributed by atoms with E-state index < -0.39 is 11.8 Å². The van der Waals surface area contributed by atoms with Crippen molar-refractivity contribution in [3.8, 4) is 11.5 Å². The number of pyridine rings is 1. The van der Waals surface area contributed by atoms with Crippen molar-refractivity contribution in [2.24, 2.45) is 0 Å². The van der Waals surface area contributed by atoms with E-state index >= 15 is 0 Å². The van der Waals surface area contributed by atoms with Crippen LogP contribution in [0.15, 0.2) is 78.6 Å². The number of aromatic nitrogens is 1. The van der Waals surface area contributed by atoms with Crippen LogP contribution in [0.4, 0.5) is 5.69 Å². The Morgan fingerprint density at radius 2 is 1.78 bits per heavy atom. The van der Waals surface area contributed by atoms with Crippen LogP contribution in [-0.4, -0.2) is 35.4 Å². The summed E-state index contributed by atoms with van der Waals surface area (Å²) >= 11 is 0. The van der Waals surface area contributed by atoms with Gasteiger partial charge in [0.05, 0.1) is 31.5 Å². The monoisotopic (exact) mass is 429 g/mol. The van der Waals surface area contributed by atoms with Crippen molar-refractivity contribution in [3.05, 3.63) is 89.9 Å². The molecular formula is C25H23N3O4. The number of ether oxygens (including phenoxy) is 2. The third-order valence-corrected chi connectivity index (χ3v) is 5.00. The van der Waals surface area contributed by atoms with Crippen LogP contribution < -0.4 is 14.8 Å². The molecule has 0 fully saturated rings. The van der Waals surface area contributed by atoms with E-state index in [0.717, 1.165) is 0 Å². The number of nitrogens with zero attached hydrogens (tertiary/aromatic N) is 2. The summed E-state index contributed by atoms with van der Waals surface area (Å²) < 4.78 is 11.0. The lowest BCUT2D eigenvalue weighted by Crippen LogP contribution is -2.32. The first-order valence-corrected chi connectivity index (χ1v) is 10.3. The van der Waals surface area contributed by atoms with Crippen LogP contribution in [0.5, 0.6) is 11.5 Å². The third-order valence-electron chi connectivity index (χ3n) is 5.00. The second-order valence-corrected chi connectivity index (χ2v) is 7.05. The lowest BCUT2D eigenvalue weighted by molar-refractivity contribution is -0.137. The Kier molecular flexibility index (Phi) is 6.17. The molecule has 4 rings (SSSR count). The molecular weight excluding hydrogens is 406 g/mol. The van der Waals surface area contributed by atoms with Crippen LogP contribution in [0, 0.1) is 0 Å². The van der Waals surface area contributed by atoms with Gasteiger partial charge in [-0.25, -0.2) is 0 Å². The van der Waals surface area contributed by atoms with Crippen molar-refractivity contribution >= 4 is 23.1 Å². The Labute approximate surface area is 186 Å². The molecule has 0 spiro atoms. The molecule has 0 unspecified atom stereocenters. The van der Waals surface area contributed by atoms with Crippen LogP contribution in [0.3, 0.4) is 0 Å². The fraction of sp³-hybridized carbons (Fsp3) is 0.160. The maximum Gasteiger partial charge on any atom is 0.278 e. The fourth-order valence-corrected chi connectivity index (χ4v) is 3.56. The highest BCUT2D eigenvalue weighted by Crippen LogP contribution is 2.36. The van der Waals surface area contributed by atoms with E-state index in [9.17, 15) is 9.59 Å². The predicted molar refractivity (Wildman–Crippen MR) is 121 cm³/mol. The molecule has 1 aliphatic rings. The minimum Gasteiger partial charge on any atom is -0.496 e. The Bertz CT molecular complexity index is 1170. The Hall–Kier alpha value is -4.13. The van der Waals surface area contributed by atoms with Gasteiger partial charge in [-0.1, -0.05) is 30.3 Å². The van der Waals surface area contributed by atoms with Crippen molar-refractivity contribution < 1.29 is 19.1 Å². The van der Waals surface area contributed by atoms with Gasteiger partial charge in [0.15, 0.2) is 0 Å². The van der Waals surface area contributed by atoms with Crippen LogP contribution in [0.1, 0.15) is 18.2 Å². The molecule has 2 amide bonds. The molecule has 0 saturated heterocycles. The molecule has 7 heteroatoms. The topological polar surface area (TPSA) is 80.8 Å². The number of nitrogens with one attached hydrogen (secondary N) is 1. The molecule has 1 aromatic heterocycles. The van der Waals surface area contributed by atoms with Crippen LogP contribution >= 0.6 is 0 Å². The van der Waals surface area contributed by atoms with Crippen molar-refractivity contribution in [2.45, 2.75) is 13.5 Å². The molecule has 0 radical (unpaired) electrons. The smallest absolute Gasteiger partial charge is 0.278 e. The van der Waals surface area contributed by atoms with Gasteiger partial charge >= 0.3 is 0 Å². The summed E-state index contributed by atoms with van der Waals surface area (Å²) in [6.07, 6.45) is 1.63. The number of hydrogen-bond acceptors (Lipinski definition) is 6. The van der Waals surface area contributed by atoms with Gasteiger partial charge in [-0.05, 0) is 37.3 Å². The maximum absolute atomic E-state index is 13.5. The fourth-order valence-electron chi connectivity index (χ4n) is 3.56. The van der Waals surface area contributed by atoms with Crippen molar-refractivity contribution in [3.63, 3.8) is 0 Å². The minimum absolute atomic E-state index is 0.0708. The average molecular weight is 429 g/mol. The summed E-state index contributed by atoms with van der Waals surface area (Å²) in [4.78, 5) is 32.3. The number of amides is 2. The first-order valence-electron chi connectivity index (χ1n) is 10.3. The van der Waals surface area contributed by atoms with Crippen molar-refractivity contribution in [1.29, 1.82) is 0 Å². The highest BCUT2D eigenvalue weighted by atomic mass is 16.5. The number of para-hydroxylation sites is 1. The minimum atomic E-state index is -0.427. The van der Waals surface area contributed by atoms with Gasteiger partial charge in [-0.15, -0.1) is 0 Å². The summed E-state index contributed by atoms with van der Waals surface area (Å²) in [5, 5.41) is 3.15. The Morgan fingerprint density at radius 3 is 2.53 bits per heavy atom. The Morgan fingerprint density at radius 1 is 0.969 bits per heavy atom. The predicted octanol–water partition coefficient (Wildman–Crippen LogP) is 3.88. The van der Waals surface area contributed by atoms with Crippen LogP contribution in [-0.2, 0) is 16.1 Å². The summed E-state index contributed by atoms with van der Waals surface area (Å²) in [6.45, 7) is 2.49. The molecule has 3 aromatic rings. The van der Waals surface area contributed by atoms with Gasteiger partial charge in [0.25, 0.3) is 11.8 Å². The van der Waals surface area contributed by atoms with Gasteiger partial charge in [0.2, 0.25) is 0 Å². The molecule has 162 valence electrons. The maximum atomic E-state index is 13.5. The lowest BCUT2D eigenvalue weighted by Gasteiger charge is -2.15. The Balaban J connectivity index is 1.77. The van der Waals surface area contributed by atoms with E-state index in [0.29, 0.717) is 35.1 Å². The summed E-state index contributed by atoms with van der Waals surface area (Å²) in [5.74, 6) is 0.335. The second kappa shape index (κ2) is 9.34. The molecule has 32 heavy (non-hydrogen) atoms. The first kappa shape index (κ1) is 21.1. The molecule has 0 atom stereocenters. The standard InChI is InChI=1S/C25H23N3O4/c1-3-32-19-11-8-10-17(15-19)27-23-22(20-12-4-5-13-21(20)31-2)24(29)28(25(23)30)16-18-9-6-7-14-26-18/h4-15,27H,3,16H2,1-2H3. The molecule has 0 bridgehead atoms. The SMILES string of the molecule is CCOc1cccc(NC2=C(c3ccccc3OC)C(=O)N(Cc3ccccn3)C2=O)c1. The van der Waals surface area contributed by atoms with Crippen molar-refractivity contribution in [1.82, 2.24) is 9.88 Å². The molecule has 2 heterocycles. The zero-order valence-electron chi connectivity index (χ0n) is 17.9. The molecule has 7 nitrogen and oxygen atoms in total. The number of rotatable bonds is 8. The normalized spacial score (nSPS) is 13.5. The first-order chi connectivity index (χ1) is 15.6. The lowest BCUT2D eigenvalue weighted by atomic mass is 10.0. The van der Waals surface area contributed by atoms with Crippen LogP contribution in [0.2, 0.25) is 0 Å². The number of imide groups is 1. The van der Waals surface area contributed by atoms with E-state index in [4.69, 9.17) is 9.47 Å². The summed E-state index contributed by atoms with van der Waals surface area (Å²) in [7, 11) is 1.53. The number of carbonyl (C=O) groups is 2. The number of methoxy groups -OCH3 is 1. The van der Waals surface area contributed by atoms with E-state index in [-0.39, 0.29) is 17.8 Å². The highest BCUT2D eigenvalue weighted by Gasteiger charge is 2.40. The largest absolute Gasteiger partial charge is 0.496 e. The van der Waals surface area contributed by atoms with E-state index in [2.05, 4.69) is 10.3 Å².